The molecule has 0 amide bonds. The molecule has 0 aromatic rings. The van der Waals surface area contributed by atoms with Gasteiger partial charge in [0.2, 0.25) is 0 Å². The molecule has 0 radical (unpaired) electrons. The van der Waals surface area contributed by atoms with Crippen molar-refractivity contribution in [1.82, 2.24) is 4.90 Å². The van der Waals surface area contributed by atoms with Crippen molar-refractivity contribution in [2.45, 2.75) is 32.9 Å². The number of rotatable bonds is 3. The van der Waals surface area contributed by atoms with Crippen LogP contribution in [0.1, 0.15) is 20.8 Å². The first-order valence-corrected chi connectivity index (χ1v) is 5.10. The zero-order chi connectivity index (χ0) is 9.84. The first-order chi connectivity index (χ1) is 6.13. The summed E-state index contributed by atoms with van der Waals surface area (Å²) in [6.45, 7) is 9.47. The molecule has 3 heteroatoms. The summed E-state index contributed by atoms with van der Waals surface area (Å²) in [5, 5.41) is 8.98. The van der Waals surface area contributed by atoms with Crippen molar-refractivity contribution in [3.05, 3.63) is 0 Å². The van der Waals surface area contributed by atoms with Crippen molar-refractivity contribution < 1.29 is 9.84 Å². The predicted octanol–water partition coefficient (Wildman–Crippen LogP) is 0.724. The second-order valence-corrected chi connectivity index (χ2v) is 4.33. The Morgan fingerprint density at radius 2 is 2.23 bits per heavy atom. The molecule has 0 saturated carbocycles. The zero-order valence-corrected chi connectivity index (χ0v) is 8.86. The number of morpholine rings is 1. The fourth-order valence-electron chi connectivity index (χ4n) is 1.71. The molecule has 1 rings (SSSR count). The molecule has 0 bridgehead atoms. The number of aliphatic hydroxyl groups excluding tert-OH is 1. The number of aliphatic hydroxyl groups is 1. The van der Waals surface area contributed by atoms with Crippen LogP contribution in [0.25, 0.3) is 0 Å². The van der Waals surface area contributed by atoms with Gasteiger partial charge in [0.25, 0.3) is 0 Å². The largest absolute Gasteiger partial charge is 0.394 e. The molecule has 0 aromatic carbocycles. The van der Waals surface area contributed by atoms with Crippen LogP contribution < -0.4 is 0 Å². The van der Waals surface area contributed by atoms with Crippen molar-refractivity contribution in [3.8, 4) is 0 Å². The SMILES string of the molecule is CC(C)CN1CC(CO)OCC1C. The molecule has 1 saturated heterocycles. The number of hydrogen-bond donors (Lipinski definition) is 1. The Hall–Kier alpha value is -0.120. The quantitative estimate of drug-likeness (QED) is 0.707. The lowest BCUT2D eigenvalue weighted by atomic mass is 10.1. The second kappa shape index (κ2) is 4.94. The van der Waals surface area contributed by atoms with Crippen LogP contribution in [0.5, 0.6) is 0 Å². The number of ether oxygens (including phenoxy) is 1. The standard InChI is InChI=1S/C10H21NO2/c1-8(2)4-11-5-10(6-12)13-7-9(11)3/h8-10,12H,4-7H2,1-3H3. The maximum atomic E-state index is 8.98. The van der Waals surface area contributed by atoms with E-state index in [1.807, 2.05) is 0 Å². The molecule has 2 unspecified atom stereocenters. The Labute approximate surface area is 80.7 Å². The summed E-state index contributed by atoms with van der Waals surface area (Å²) < 4.78 is 5.46. The normalized spacial score (nSPS) is 31.2. The van der Waals surface area contributed by atoms with Crippen LogP contribution in [0.4, 0.5) is 0 Å². The third-order valence-electron chi connectivity index (χ3n) is 2.44. The summed E-state index contributed by atoms with van der Waals surface area (Å²) in [6.07, 6.45) is 0.0231. The molecule has 0 aliphatic carbocycles. The molecule has 1 heterocycles. The van der Waals surface area contributed by atoms with Crippen molar-refractivity contribution in [2.75, 3.05) is 26.3 Å². The first kappa shape index (κ1) is 11.0. The van der Waals surface area contributed by atoms with Crippen LogP contribution >= 0.6 is 0 Å². The van der Waals surface area contributed by atoms with E-state index in [4.69, 9.17) is 9.84 Å². The lowest BCUT2D eigenvalue weighted by molar-refractivity contribution is -0.0804. The van der Waals surface area contributed by atoms with E-state index in [-0.39, 0.29) is 12.7 Å². The van der Waals surface area contributed by atoms with Gasteiger partial charge in [-0.25, -0.2) is 0 Å². The smallest absolute Gasteiger partial charge is 0.0933 e. The number of nitrogens with zero attached hydrogens (tertiary/aromatic N) is 1. The van der Waals surface area contributed by atoms with Crippen LogP contribution in [-0.2, 0) is 4.74 Å². The summed E-state index contributed by atoms with van der Waals surface area (Å²) in [5.74, 6) is 0.680. The molecule has 1 aliphatic rings. The highest BCUT2D eigenvalue weighted by Crippen LogP contribution is 2.13. The van der Waals surface area contributed by atoms with Gasteiger partial charge in [-0.2, -0.15) is 0 Å². The average Bonchev–Trinajstić information content (AvgIpc) is 2.08. The lowest BCUT2D eigenvalue weighted by Gasteiger charge is -2.38. The molecular weight excluding hydrogens is 166 g/mol. The minimum atomic E-state index is 0.0231. The van der Waals surface area contributed by atoms with Gasteiger partial charge in [-0.3, -0.25) is 4.90 Å². The van der Waals surface area contributed by atoms with Gasteiger partial charge in [0, 0.05) is 19.1 Å². The fourth-order valence-corrected chi connectivity index (χ4v) is 1.71. The molecule has 0 aromatic heterocycles. The Morgan fingerprint density at radius 1 is 1.54 bits per heavy atom. The van der Waals surface area contributed by atoms with E-state index in [0.29, 0.717) is 12.0 Å². The Balaban J connectivity index is 2.40. The summed E-state index contributed by atoms with van der Waals surface area (Å²) in [4.78, 5) is 2.40. The zero-order valence-electron chi connectivity index (χ0n) is 8.86. The van der Waals surface area contributed by atoms with Gasteiger partial charge >= 0.3 is 0 Å². The van der Waals surface area contributed by atoms with E-state index in [1.165, 1.54) is 0 Å². The van der Waals surface area contributed by atoms with Crippen molar-refractivity contribution in [3.63, 3.8) is 0 Å². The highest BCUT2D eigenvalue weighted by molar-refractivity contribution is 4.77. The molecule has 1 N–H and O–H groups in total. The van der Waals surface area contributed by atoms with Gasteiger partial charge in [0.05, 0.1) is 19.3 Å². The molecule has 13 heavy (non-hydrogen) atoms. The monoisotopic (exact) mass is 187 g/mol. The topological polar surface area (TPSA) is 32.7 Å². The molecule has 3 nitrogen and oxygen atoms in total. The molecule has 0 spiro atoms. The Kier molecular flexibility index (Phi) is 4.16. The summed E-state index contributed by atoms with van der Waals surface area (Å²) in [5.41, 5.74) is 0. The van der Waals surface area contributed by atoms with E-state index in [2.05, 4.69) is 25.7 Å². The van der Waals surface area contributed by atoms with E-state index < -0.39 is 0 Å². The van der Waals surface area contributed by atoms with Gasteiger partial charge in [0.15, 0.2) is 0 Å². The second-order valence-electron chi connectivity index (χ2n) is 4.33. The van der Waals surface area contributed by atoms with Crippen molar-refractivity contribution in [1.29, 1.82) is 0 Å². The van der Waals surface area contributed by atoms with Crippen LogP contribution in [0, 0.1) is 5.92 Å². The first-order valence-electron chi connectivity index (χ1n) is 5.10. The van der Waals surface area contributed by atoms with Crippen LogP contribution in [0.2, 0.25) is 0 Å². The van der Waals surface area contributed by atoms with E-state index in [0.717, 1.165) is 19.7 Å². The van der Waals surface area contributed by atoms with Gasteiger partial charge in [-0.15, -0.1) is 0 Å². The van der Waals surface area contributed by atoms with Crippen molar-refractivity contribution >= 4 is 0 Å². The van der Waals surface area contributed by atoms with Gasteiger partial charge in [-0.05, 0) is 12.8 Å². The third-order valence-corrected chi connectivity index (χ3v) is 2.44. The van der Waals surface area contributed by atoms with Gasteiger partial charge < -0.3 is 9.84 Å². The lowest BCUT2D eigenvalue weighted by Crippen LogP contribution is -2.50. The average molecular weight is 187 g/mol. The summed E-state index contributed by atoms with van der Waals surface area (Å²) in [6, 6.07) is 0.491. The van der Waals surface area contributed by atoms with E-state index >= 15 is 0 Å². The summed E-state index contributed by atoms with van der Waals surface area (Å²) in [7, 11) is 0. The fraction of sp³-hybridized carbons (Fsp3) is 1.00. The minimum absolute atomic E-state index is 0.0231. The van der Waals surface area contributed by atoms with Gasteiger partial charge in [0.1, 0.15) is 0 Å². The molecule has 2 atom stereocenters. The van der Waals surface area contributed by atoms with Crippen molar-refractivity contribution in [2.24, 2.45) is 5.92 Å². The predicted molar refractivity (Wildman–Crippen MR) is 52.7 cm³/mol. The Morgan fingerprint density at radius 3 is 2.77 bits per heavy atom. The maximum Gasteiger partial charge on any atom is 0.0933 e. The minimum Gasteiger partial charge on any atom is -0.394 e. The third kappa shape index (κ3) is 3.25. The van der Waals surface area contributed by atoms with E-state index in [1.54, 1.807) is 0 Å². The highest BCUT2D eigenvalue weighted by Gasteiger charge is 2.25. The van der Waals surface area contributed by atoms with Gasteiger partial charge in [-0.1, -0.05) is 13.8 Å². The van der Waals surface area contributed by atoms with E-state index in [9.17, 15) is 0 Å². The van der Waals surface area contributed by atoms with Crippen LogP contribution in [0.15, 0.2) is 0 Å². The van der Waals surface area contributed by atoms with Crippen LogP contribution in [-0.4, -0.2) is 48.5 Å². The molecule has 1 aliphatic heterocycles. The molecular formula is C10H21NO2. The maximum absolute atomic E-state index is 8.98. The number of hydrogen-bond acceptors (Lipinski definition) is 3. The molecule has 78 valence electrons. The summed E-state index contributed by atoms with van der Waals surface area (Å²) >= 11 is 0. The Bertz CT molecular complexity index is 150. The molecule has 1 fully saturated rings. The highest BCUT2D eigenvalue weighted by atomic mass is 16.5. The van der Waals surface area contributed by atoms with Crippen LogP contribution in [0.3, 0.4) is 0 Å².